The summed E-state index contributed by atoms with van der Waals surface area (Å²) in [6.45, 7) is 8.43. The molecule has 8 nitrogen and oxygen atoms in total. The number of aromatic nitrogens is 2. The lowest BCUT2D eigenvalue weighted by Gasteiger charge is -2.39. The molecule has 0 spiro atoms. The van der Waals surface area contributed by atoms with Gasteiger partial charge in [0.25, 0.3) is 0 Å². The third-order valence-corrected chi connectivity index (χ3v) is 6.81. The van der Waals surface area contributed by atoms with E-state index in [0.717, 1.165) is 17.7 Å². The molecule has 4 aromatic rings. The van der Waals surface area contributed by atoms with Crippen molar-refractivity contribution < 1.29 is 28.2 Å². The van der Waals surface area contributed by atoms with Gasteiger partial charge >= 0.3 is 6.09 Å². The molecule has 0 fully saturated rings. The Labute approximate surface area is 241 Å². The number of rotatable bonds is 8. The van der Waals surface area contributed by atoms with Gasteiger partial charge in [0.05, 0.1) is 23.7 Å². The molecule has 1 atom stereocenters. The first-order valence-corrected chi connectivity index (χ1v) is 13.3. The minimum atomic E-state index is -1.17. The Morgan fingerprint density at radius 2 is 1.76 bits per heavy atom. The predicted molar refractivity (Wildman–Crippen MR) is 152 cm³/mol. The molecule has 11 heteroatoms. The molecule has 2 N–H and O–H groups in total. The van der Waals surface area contributed by atoms with Crippen LogP contribution >= 0.6 is 11.6 Å². The third-order valence-electron chi connectivity index (χ3n) is 6.56. The lowest BCUT2D eigenvalue weighted by molar-refractivity contribution is -0.117. The summed E-state index contributed by atoms with van der Waals surface area (Å²) < 4.78 is 35.7. The SMILES string of the molecule is Cc1cc(OCc2c(F)cccc2F)c2nc(C)c(NC(=O)CC(c3ccc(Cl)cc3)N(C(=O)O)C(C)(C)C)n2c1. The van der Waals surface area contributed by atoms with Gasteiger partial charge in [0, 0.05) is 16.8 Å². The molecule has 2 heterocycles. The molecule has 2 aromatic heterocycles. The zero-order valence-corrected chi connectivity index (χ0v) is 24.1. The van der Waals surface area contributed by atoms with Crippen LogP contribution in [0.1, 0.15) is 55.6 Å². The van der Waals surface area contributed by atoms with Crippen LogP contribution in [0.2, 0.25) is 5.02 Å². The van der Waals surface area contributed by atoms with E-state index in [0.29, 0.717) is 27.7 Å². The molecular weight excluding hydrogens is 554 g/mol. The summed E-state index contributed by atoms with van der Waals surface area (Å²) in [5.74, 6) is -1.24. The monoisotopic (exact) mass is 584 g/mol. The van der Waals surface area contributed by atoms with Crippen LogP contribution in [0.15, 0.2) is 54.7 Å². The van der Waals surface area contributed by atoms with Crippen LogP contribution in [0.25, 0.3) is 5.65 Å². The molecule has 4 rings (SSSR count). The number of carboxylic acid groups (broad SMARTS) is 1. The predicted octanol–water partition coefficient (Wildman–Crippen LogP) is 7.31. The molecule has 0 aliphatic carbocycles. The van der Waals surface area contributed by atoms with Crippen molar-refractivity contribution in [3.8, 4) is 5.75 Å². The highest BCUT2D eigenvalue weighted by atomic mass is 35.5. The molecular formula is C30H31ClF2N4O4. The Morgan fingerprint density at radius 3 is 2.34 bits per heavy atom. The number of fused-ring (bicyclic) bond motifs is 1. The van der Waals surface area contributed by atoms with Crippen molar-refractivity contribution in [2.24, 2.45) is 0 Å². The number of pyridine rings is 1. The Balaban J connectivity index is 1.65. The maximum Gasteiger partial charge on any atom is 0.408 e. The fourth-order valence-corrected chi connectivity index (χ4v) is 4.85. The van der Waals surface area contributed by atoms with Crippen molar-refractivity contribution in [1.82, 2.24) is 14.3 Å². The van der Waals surface area contributed by atoms with Gasteiger partial charge in [0.1, 0.15) is 24.1 Å². The van der Waals surface area contributed by atoms with E-state index in [1.165, 1.54) is 11.0 Å². The smallest absolute Gasteiger partial charge is 0.408 e. The van der Waals surface area contributed by atoms with Crippen LogP contribution in [0.3, 0.4) is 0 Å². The van der Waals surface area contributed by atoms with Gasteiger partial charge in [-0.2, -0.15) is 0 Å². The van der Waals surface area contributed by atoms with Crippen molar-refractivity contribution in [2.75, 3.05) is 5.32 Å². The van der Waals surface area contributed by atoms with Crippen LogP contribution in [0, 0.1) is 25.5 Å². The van der Waals surface area contributed by atoms with Gasteiger partial charge in [0.2, 0.25) is 5.91 Å². The average Bonchev–Trinajstić information content (AvgIpc) is 3.17. The van der Waals surface area contributed by atoms with Gasteiger partial charge in [-0.3, -0.25) is 14.1 Å². The molecule has 41 heavy (non-hydrogen) atoms. The molecule has 0 bridgehead atoms. The first-order chi connectivity index (χ1) is 19.3. The van der Waals surface area contributed by atoms with E-state index in [1.54, 1.807) is 68.6 Å². The van der Waals surface area contributed by atoms with Crippen LogP contribution in [0.5, 0.6) is 5.75 Å². The number of benzene rings is 2. The number of anilines is 1. The van der Waals surface area contributed by atoms with Crippen LogP contribution < -0.4 is 10.1 Å². The van der Waals surface area contributed by atoms with E-state index in [9.17, 15) is 23.5 Å². The van der Waals surface area contributed by atoms with Crippen molar-refractivity contribution in [2.45, 2.75) is 59.2 Å². The van der Waals surface area contributed by atoms with Crippen molar-refractivity contribution in [3.05, 3.63) is 93.8 Å². The molecule has 0 saturated heterocycles. The maximum atomic E-state index is 14.1. The highest BCUT2D eigenvalue weighted by Crippen LogP contribution is 2.33. The number of hydrogen-bond acceptors (Lipinski definition) is 4. The number of ether oxygens (including phenoxy) is 1. The van der Waals surface area contributed by atoms with E-state index < -0.39 is 35.2 Å². The highest BCUT2D eigenvalue weighted by molar-refractivity contribution is 6.30. The van der Waals surface area contributed by atoms with E-state index in [1.807, 2.05) is 6.92 Å². The fraction of sp³-hybridized carbons (Fsp3) is 0.300. The largest absolute Gasteiger partial charge is 0.485 e. The van der Waals surface area contributed by atoms with Gasteiger partial charge < -0.3 is 15.2 Å². The summed E-state index contributed by atoms with van der Waals surface area (Å²) in [6, 6.07) is 11.2. The third kappa shape index (κ3) is 6.59. The van der Waals surface area contributed by atoms with Crippen LogP contribution in [-0.4, -0.2) is 36.9 Å². The lowest BCUT2D eigenvalue weighted by Crippen LogP contribution is -2.48. The second-order valence-electron chi connectivity index (χ2n) is 10.8. The molecule has 0 aliphatic heterocycles. The zero-order valence-electron chi connectivity index (χ0n) is 23.3. The van der Waals surface area contributed by atoms with Crippen molar-refractivity contribution in [3.63, 3.8) is 0 Å². The van der Waals surface area contributed by atoms with Gasteiger partial charge in [-0.25, -0.2) is 18.6 Å². The number of nitrogens with one attached hydrogen (secondary N) is 1. The minimum Gasteiger partial charge on any atom is -0.485 e. The zero-order chi connectivity index (χ0) is 30.1. The summed E-state index contributed by atoms with van der Waals surface area (Å²) in [6.07, 6.45) is 0.399. The number of amides is 2. The number of halogens is 3. The number of imidazole rings is 1. The lowest BCUT2D eigenvalue weighted by atomic mass is 9.96. The van der Waals surface area contributed by atoms with E-state index in [-0.39, 0.29) is 24.3 Å². The summed E-state index contributed by atoms with van der Waals surface area (Å²) in [5, 5.41) is 13.4. The second kappa shape index (κ2) is 11.7. The van der Waals surface area contributed by atoms with E-state index >= 15 is 0 Å². The molecule has 0 radical (unpaired) electrons. The van der Waals surface area contributed by atoms with Gasteiger partial charge in [0.15, 0.2) is 11.4 Å². The summed E-state index contributed by atoms with van der Waals surface area (Å²) >= 11 is 6.05. The van der Waals surface area contributed by atoms with E-state index in [2.05, 4.69) is 10.3 Å². The maximum absolute atomic E-state index is 14.1. The van der Waals surface area contributed by atoms with Gasteiger partial charge in [-0.1, -0.05) is 29.8 Å². The standard InChI is InChI=1S/C30H31ClF2N4O4/c1-17-13-25(41-16-21-22(32)7-6-8-23(21)33)28-34-18(2)27(36(28)15-17)35-26(38)14-24(19-9-11-20(31)12-10-19)37(29(39)40)30(3,4)5/h6-13,15,24H,14,16H2,1-5H3,(H,35,38)(H,39,40). The van der Waals surface area contributed by atoms with Crippen molar-refractivity contribution >= 4 is 35.1 Å². The second-order valence-corrected chi connectivity index (χ2v) is 11.2. The quantitative estimate of drug-likeness (QED) is 0.226. The molecule has 2 amide bonds. The Kier molecular flexibility index (Phi) is 8.53. The Bertz CT molecular complexity index is 1580. The first kappa shape index (κ1) is 29.8. The average molecular weight is 585 g/mol. The highest BCUT2D eigenvalue weighted by Gasteiger charge is 2.35. The number of carbonyl (C=O) groups is 2. The van der Waals surface area contributed by atoms with Crippen molar-refractivity contribution in [1.29, 1.82) is 0 Å². The topological polar surface area (TPSA) is 96.2 Å². The molecule has 216 valence electrons. The van der Waals surface area contributed by atoms with Gasteiger partial charge in [-0.15, -0.1) is 0 Å². The Morgan fingerprint density at radius 1 is 1.12 bits per heavy atom. The van der Waals surface area contributed by atoms with Crippen LogP contribution in [-0.2, 0) is 11.4 Å². The number of nitrogens with zero attached hydrogens (tertiary/aromatic N) is 3. The molecule has 1 unspecified atom stereocenters. The summed E-state index contributed by atoms with van der Waals surface area (Å²) in [7, 11) is 0. The fourth-order valence-electron chi connectivity index (χ4n) is 4.72. The molecule has 2 aromatic carbocycles. The van der Waals surface area contributed by atoms with E-state index in [4.69, 9.17) is 16.3 Å². The van der Waals surface area contributed by atoms with Crippen LogP contribution in [0.4, 0.5) is 19.4 Å². The first-order valence-electron chi connectivity index (χ1n) is 12.9. The molecule has 0 saturated carbocycles. The number of hydrogen-bond donors (Lipinski definition) is 2. The van der Waals surface area contributed by atoms with Gasteiger partial charge in [-0.05, 0) is 76.1 Å². The minimum absolute atomic E-state index is 0.181. The number of aryl methyl sites for hydroxylation is 2. The Hall–Kier alpha value is -4.18. The summed E-state index contributed by atoms with van der Waals surface area (Å²) in [4.78, 5) is 31.6. The molecule has 0 aliphatic rings. The summed E-state index contributed by atoms with van der Waals surface area (Å²) in [5.41, 5.74) is 1.16. The number of carbonyl (C=O) groups excluding carboxylic acids is 1. The normalized spacial score (nSPS) is 12.3.